The molecule has 0 bridgehead atoms. The number of dihydropyridines is 1. The number of benzene rings is 1. The molecule has 3 rings (SSSR count). The van der Waals surface area contributed by atoms with Crippen molar-refractivity contribution in [3.63, 3.8) is 0 Å². The lowest BCUT2D eigenvalue weighted by atomic mass is 9.98. The van der Waals surface area contributed by atoms with Crippen molar-refractivity contribution in [2.24, 2.45) is 22.4 Å². The van der Waals surface area contributed by atoms with E-state index in [0.717, 1.165) is 28.3 Å². The molecule has 0 aromatic heterocycles. The Morgan fingerprint density at radius 1 is 1.38 bits per heavy atom. The lowest BCUT2D eigenvalue weighted by Crippen LogP contribution is -2.22. The van der Waals surface area contributed by atoms with E-state index in [9.17, 15) is 4.39 Å². The molecule has 1 atom stereocenters. The second-order valence-electron chi connectivity index (χ2n) is 6.26. The molecule has 5 nitrogen and oxygen atoms in total. The van der Waals surface area contributed by atoms with Crippen molar-refractivity contribution >= 4 is 17.6 Å². The van der Waals surface area contributed by atoms with Gasteiger partial charge in [0.1, 0.15) is 6.17 Å². The zero-order chi connectivity index (χ0) is 17.7. The Hall–Kier alpha value is -2.34. The number of rotatable bonds is 2. The summed E-state index contributed by atoms with van der Waals surface area (Å²) in [7, 11) is 0. The van der Waals surface area contributed by atoms with Gasteiger partial charge in [-0.2, -0.15) is 4.39 Å². The topological polar surface area (TPSA) is 88.5 Å². The maximum absolute atomic E-state index is 13.2. The number of hydrogen-bond acceptors (Lipinski definition) is 5. The maximum atomic E-state index is 13.2. The van der Waals surface area contributed by atoms with Crippen molar-refractivity contribution < 1.29 is 4.39 Å². The Bertz CT molecular complexity index is 676. The minimum absolute atomic E-state index is 0.111. The van der Waals surface area contributed by atoms with Gasteiger partial charge >= 0.3 is 0 Å². The SMILES string of the molecule is CCC(C)C.NC1=C(F)NCC(c2ccc3c(c2)C(N)N=CN3)=C1. The van der Waals surface area contributed by atoms with Gasteiger partial charge in [-0.05, 0) is 35.3 Å². The molecule has 6 N–H and O–H groups in total. The molecule has 1 aromatic carbocycles. The fourth-order valence-corrected chi connectivity index (χ4v) is 2.17. The first-order chi connectivity index (χ1) is 11.4. The fraction of sp³-hybridized carbons (Fsp3) is 0.389. The third-order valence-electron chi connectivity index (χ3n) is 4.03. The van der Waals surface area contributed by atoms with Crippen LogP contribution < -0.4 is 22.1 Å². The molecule has 0 saturated heterocycles. The van der Waals surface area contributed by atoms with Crippen LogP contribution in [-0.2, 0) is 0 Å². The van der Waals surface area contributed by atoms with Crippen LogP contribution in [0.2, 0.25) is 0 Å². The summed E-state index contributed by atoms with van der Waals surface area (Å²) in [6.07, 6.45) is 4.15. The van der Waals surface area contributed by atoms with Crippen molar-refractivity contribution in [2.75, 3.05) is 11.9 Å². The molecule has 0 aliphatic carbocycles. The Morgan fingerprint density at radius 2 is 2.08 bits per heavy atom. The molecular weight excluding hydrogens is 305 g/mol. The molecule has 6 heteroatoms. The molecule has 2 aliphatic heterocycles. The molecule has 0 fully saturated rings. The summed E-state index contributed by atoms with van der Waals surface area (Å²) in [5, 5.41) is 5.65. The molecule has 130 valence electrons. The van der Waals surface area contributed by atoms with Crippen molar-refractivity contribution in [3.8, 4) is 0 Å². The van der Waals surface area contributed by atoms with E-state index in [-0.39, 0.29) is 11.9 Å². The molecule has 0 spiro atoms. The van der Waals surface area contributed by atoms with E-state index in [1.54, 1.807) is 12.4 Å². The molecule has 24 heavy (non-hydrogen) atoms. The highest BCUT2D eigenvalue weighted by Gasteiger charge is 2.17. The molecule has 1 aromatic rings. The zero-order valence-electron chi connectivity index (χ0n) is 14.4. The molecule has 1 unspecified atom stereocenters. The lowest BCUT2D eigenvalue weighted by molar-refractivity contribution is 0.548. The van der Waals surface area contributed by atoms with Gasteiger partial charge in [0.25, 0.3) is 0 Å². The number of allylic oxidation sites excluding steroid dienone is 1. The summed E-state index contributed by atoms with van der Waals surface area (Å²) in [4.78, 5) is 4.10. The van der Waals surface area contributed by atoms with E-state index in [1.807, 2.05) is 18.2 Å². The van der Waals surface area contributed by atoms with Crippen LogP contribution in [0.25, 0.3) is 5.57 Å². The Labute approximate surface area is 142 Å². The summed E-state index contributed by atoms with van der Waals surface area (Å²) < 4.78 is 13.2. The van der Waals surface area contributed by atoms with Crippen LogP contribution in [0.3, 0.4) is 0 Å². The second kappa shape index (κ2) is 7.97. The molecular formula is C18H26FN5. The first-order valence-corrected chi connectivity index (χ1v) is 8.20. The maximum Gasteiger partial charge on any atom is 0.210 e. The fourth-order valence-electron chi connectivity index (χ4n) is 2.17. The van der Waals surface area contributed by atoms with Gasteiger partial charge in [-0.3, -0.25) is 4.99 Å². The van der Waals surface area contributed by atoms with E-state index in [2.05, 4.69) is 36.4 Å². The van der Waals surface area contributed by atoms with Crippen molar-refractivity contribution in [1.29, 1.82) is 0 Å². The normalized spacial score (nSPS) is 18.9. The molecule has 0 amide bonds. The smallest absolute Gasteiger partial charge is 0.210 e. The van der Waals surface area contributed by atoms with Gasteiger partial charge in [0.2, 0.25) is 5.95 Å². The van der Waals surface area contributed by atoms with Gasteiger partial charge < -0.3 is 22.1 Å². The summed E-state index contributed by atoms with van der Waals surface area (Å²) >= 11 is 0. The van der Waals surface area contributed by atoms with Crippen LogP contribution in [0.1, 0.15) is 44.5 Å². The van der Waals surface area contributed by atoms with Gasteiger partial charge in [0, 0.05) is 17.8 Å². The monoisotopic (exact) mass is 331 g/mol. The predicted molar refractivity (Wildman–Crippen MR) is 98.9 cm³/mol. The highest BCUT2D eigenvalue weighted by molar-refractivity contribution is 5.82. The van der Waals surface area contributed by atoms with E-state index in [0.29, 0.717) is 6.54 Å². The average molecular weight is 331 g/mol. The quantitative estimate of drug-likeness (QED) is 0.627. The largest absolute Gasteiger partial charge is 0.395 e. The van der Waals surface area contributed by atoms with Gasteiger partial charge in [-0.15, -0.1) is 0 Å². The molecule has 2 aliphatic rings. The van der Waals surface area contributed by atoms with E-state index < -0.39 is 5.95 Å². The first kappa shape index (κ1) is 18.0. The number of nitrogens with zero attached hydrogens (tertiary/aromatic N) is 1. The Balaban J connectivity index is 0.000000368. The number of aliphatic imine (C=N–C) groups is 1. The van der Waals surface area contributed by atoms with Gasteiger partial charge in [-0.1, -0.05) is 33.3 Å². The van der Waals surface area contributed by atoms with Gasteiger partial charge in [-0.25, -0.2) is 0 Å². The Morgan fingerprint density at radius 3 is 2.71 bits per heavy atom. The van der Waals surface area contributed by atoms with Crippen LogP contribution in [-0.4, -0.2) is 12.9 Å². The first-order valence-electron chi connectivity index (χ1n) is 8.20. The third kappa shape index (κ3) is 4.35. The Kier molecular flexibility index (Phi) is 5.98. The highest BCUT2D eigenvalue weighted by atomic mass is 19.1. The summed E-state index contributed by atoms with van der Waals surface area (Å²) in [5.41, 5.74) is 15.3. The number of halogens is 1. The highest BCUT2D eigenvalue weighted by Crippen LogP contribution is 2.29. The van der Waals surface area contributed by atoms with Gasteiger partial charge in [0.05, 0.1) is 12.0 Å². The number of fused-ring (bicyclic) bond motifs is 1. The number of nitrogens with two attached hydrogens (primary N) is 2. The number of anilines is 1. The summed E-state index contributed by atoms with van der Waals surface area (Å²) in [6.45, 7) is 7.04. The third-order valence-corrected chi connectivity index (χ3v) is 4.03. The van der Waals surface area contributed by atoms with Crippen LogP contribution in [0.15, 0.2) is 40.9 Å². The number of hydrogen-bond donors (Lipinski definition) is 4. The van der Waals surface area contributed by atoms with E-state index in [1.165, 1.54) is 6.42 Å². The molecule has 0 saturated carbocycles. The van der Waals surface area contributed by atoms with Crippen molar-refractivity contribution in [1.82, 2.24) is 5.32 Å². The van der Waals surface area contributed by atoms with E-state index >= 15 is 0 Å². The second-order valence-corrected chi connectivity index (χ2v) is 6.26. The van der Waals surface area contributed by atoms with Crippen molar-refractivity contribution in [2.45, 2.75) is 33.4 Å². The lowest BCUT2D eigenvalue weighted by Gasteiger charge is -2.21. The van der Waals surface area contributed by atoms with Crippen LogP contribution >= 0.6 is 0 Å². The zero-order valence-corrected chi connectivity index (χ0v) is 14.4. The number of nitrogens with one attached hydrogen (secondary N) is 2. The predicted octanol–water partition coefficient (Wildman–Crippen LogP) is 3.23. The minimum Gasteiger partial charge on any atom is -0.395 e. The van der Waals surface area contributed by atoms with Crippen LogP contribution in [0.4, 0.5) is 10.1 Å². The van der Waals surface area contributed by atoms with Crippen LogP contribution in [0, 0.1) is 5.92 Å². The minimum atomic E-state index is -0.482. The average Bonchev–Trinajstić information content (AvgIpc) is 2.58. The molecule has 0 radical (unpaired) electrons. The summed E-state index contributed by atoms with van der Waals surface area (Å²) in [6, 6.07) is 5.83. The standard InChI is InChI=1S/C13H14FN5.C5H12/c14-12-10(15)4-8(5-17-12)7-1-2-11-9(3-7)13(16)19-6-18-11;1-4-5(2)3/h1-4,6,13,17H,5,15-16H2,(H,18,19);5H,4H2,1-3H3. The van der Waals surface area contributed by atoms with Crippen molar-refractivity contribution in [3.05, 3.63) is 47.0 Å². The molecule has 2 heterocycles. The van der Waals surface area contributed by atoms with E-state index in [4.69, 9.17) is 11.5 Å². The van der Waals surface area contributed by atoms with Gasteiger partial charge in [0.15, 0.2) is 0 Å². The summed E-state index contributed by atoms with van der Waals surface area (Å²) in [5.74, 6) is 0.402. The van der Waals surface area contributed by atoms with Crippen LogP contribution in [0.5, 0.6) is 0 Å².